The fourth-order valence-corrected chi connectivity index (χ4v) is 2.85. The fraction of sp³-hybridized carbons (Fsp3) is 0.182. The van der Waals surface area contributed by atoms with Gasteiger partial charge in [-0.1, -0.05) is 24.3 Å². The van der Waals surface area contributed by atoms with Crippen molar-refractivity contribution in [3.05, 3.63) is 72.8 Å². The highest BCUT2D eigenvalue weighted by atomic mass is 16.5. The molecule has 0 bridgehead atoms. The van der Waals surface area contributed by atoms with Crippen molar-refractivity contribution in [1.82, 2.24) is 0 Å². The van der Waals surface area contributed by atoms with Crippen molar-refractivity contribution in [3.63, 3.8) is 0 Å². The van der Waals surface area contributed by atoms with Gasteiger partial charge in [0, 0.05) is 49.4 Å². The molecule has 0 fully saturated rings. The molecule has 3 aromatic rings. The summed E-state index contributed by atoms with van der Waals surface area (Å²) in [5, 5.41) is 0. The van der Waals surface area contributed by atoms with Crippen LogP contribution in [0.25, 0.3) is 0 Å². The monoisotopic (exact) mass is 348 g/mol. The summed E-state index contributed by atoms with van der Waals surface area (Å²) in [4.78, 5) is 4.26. The van der Waals surface area contributed by atoms with Gasteiger partial charge < -0.3 is 19.3 Å². The van der Waals surface area contributed by atoms with Gasteiger partial charge in [0.15, 0.2) is 0 Å². The van der Waals surface area contributed by atoms with E-state index in [-0.39, 0.29) is 0 Å². The van der Waals surface area contributed by atoms with E-state index in [1.54, 1.807) is 14.2 Å². The minimum Gasteiger partial charge on any atom is -0.497 e. The number of ether oxygens (including phenoxy) is 2. The SMILES string of the molecule is COc1cccc(N(c2ccccc2)c2cc(OC)cc(N(C)C)c2)c1. The third-order valence-corrected chi connectivity index (χ3v) is 4.21. The van der Waals surface area contributed by atoms with E-state index in [4.69, 9.17) is 9.47 Å². The Morgan fingerprint density at radius 2 is 1.19 bits per heavy atom. The number of methoxy groups -OCH3 is 2. The van der Waals surface area contributed by atoms with E-state index in [9.17, 15) is 0 Å². The first-order valence-electron chi connectivity index (χ1n) is 8.48. The third kappa shape index (κ3) is 3.75. The van der Waals surface area contributed by atoms with Gasteiger partial charge in [-0.3, -0.25) is 0 Å². The first-order chi connectivity index (χ1) is 12.6. The molecule has 0 atom stereocenters. The minimum absolute atomic E-state index is 0.815. The predicted molar refractivity (Wildman–Crippen MR) is 109 cm³/mol. The lowest BCUT2D eigenvalue weighted by molar-refractivity contribution is 0.414. The molecule has 0 saturated carbocycles. The molecule has 0 aliphatic carbocycles. The molecule has 4 heteroatoms. The number of hydrogen-bond donors (Lipinski definition) is 0. The Hall–Kier alpha value is -3.14. The summed E-state index contributed by atoms with van der Waals surface area (Å²) in [7, 11) is 7.42. The lowest BCUT2D eigenvalue weighted by atomic mass is 10.1. The first-order valence-corrected chi connectivity index (χ1v) is 8.48. The van der Waals surface area contributed by atoms with Crippen LogP contribution in [-0.2, 0) is 0 Å². The molecule has 0 radical (unpaired) electrons. The fourth-order valence-electron chi connectivity index (χ4n) is 2.85. The summed E-state index contributed by atoms with van der Waals surface area (Å²) in [6.45, 7) is 0. The van der Waals surface area contributed by atoms with Crippen LogP contribution in [0.15, 0.2) is 72.8 Å². The lowest BCUT2D eigenvalue weighted by Gasteiger charge is -2.27. The zero-order chi connectivity index (χ0) is 18.5. The van der Waals surface area contributed by atoms with Gasteiger partial charge in [-0.2, -0.15) is 0 Å². The number of nitrogens with zero attached hydrogens (tertiary/aromatic N) is 2. The number of benzene rings is 3. The van der Waals surface area contributed by atoms with Crippen molar-refractivity contribution in [1.29, 1.82) is 0 Å². The van der Waals surface area contributed by atoms with Crippen LogP contribution in [0.4, 0.5) is 22.7 Å². The van der Waals surface area contributed by atoms with Crippen molar-refractivity contribution in [3.8, 4) is 11.5 Å². The van der Waals surface area contributed by atoms with Gasteiger partial charge in [0.2, 0.25) is 0 Å². The van der Waals surface area contributed by atoms with E-state index < -0.39 is 0 Å². The average Bonchev–Trinajstić information content (AvgIpc) is 2.69. The molecule has 0 unspecified atom stereocenters. The highest BCUT2D eigenvalue weighted by Gasteiger charge is 2.15. The van der Waals surface area contributed by atoms with Crippen LogP contribution in [0, 0.1) is 0 Å². The van der Waals surface area contributed by atoms with Gasteiger partial charge in [-0.25, -0.2) is 0 Å². The molecule has 3 rings (SSSR count). The molecule has 4 nitrogen and oxygen atoms in total. The van der Waals surface area contributed by atoms with Crippen molar-refractivity contribution in [2.45, 2.75) is 0 Å². The Kier molecular flexibility index (Phi) is 5.32. The predicted octanol–water partition coefficient (Wildman–Crippen LogP) is 5.24. The summed E-state index contributed by atoms with van der Waals surface area (Å²) in [6.07, 6.45) is 0. The second-order valence-electron chi connectivity index (χ2n) is 6.16. The summed E-state index contributed by atoms with van der Waals surface area (Å²) < 4.78 is 11.0. The van der Waals surface area contributed by atoms with Crippen LogP contribution in [0.3, 0.4) is 0 Å². The van der Waals surface area contributed by atoms with Crippen LogP contribution in [-0.4, -0.2) is 28.3 Å². The van der Waals surface area contributed by atoms with E-state index in [0.717, 1.165) is 34.2 Å². The van der Waals surface area contributed by atoms with Gasteiger partial charge in [-0.05, 0) is 30.3 Å². The molecule has 0 amide bonds. The first kappa shape index (κ1) is 17.7. The van der Waals surface area contributed by atoms with Crippen LogP contribution < -0.4 is 19.3 Å². The Bertz CT molecular complexity index is 863. The zero-order valence-corrected chi connectivity index (χ0v) is 15.6. The molecule has 0 aliphatic heterocycles. The molecule has 0 N–H and O–H groups in total. The molecule has 0 heterocycles. The Labute approximate surface area is 155 Å². The van der Waals surface area contributed by atoms with Gasteiger partial charge in [-0.15, -0.1) is 0 Å². The molecular formula is C22H24N2O2. The summed E-state index contributed by atoms with van der Waals surface area (Å²) in [5.41, 5.74) is 4.18. The maximum absolute atomic E-state index is 5.53. The van der Waals surface area contributed by atoms with E-state index >= 15 is 0 Å². The number of rotatable bonds is 6. The number of hydrogen-bond acceptors (Lipinski definition) is 4. The van der Waals surface area contributed by atoms with E-state index in [2.05, 4.69) is 34.1 Å². The van der Waals surface area contributed by atoms with Gasteiger partial charge >= 0.3 is 0 Å². The van der Waals surface area contributed by atoms with Crippen LogP contribution >= 0.6 is 0 Å². The Balaban J connectivity index is 2.19. The van der Waals surface area contributed by atoms with Gasteiger partial charge in [0.25, 0.3) is 0 Å². The molecule has 134 valence electrons. The highest BCUT2D eigenvalue weighted by molar-refractivity contribution is 5.80. The Morgan fingerprint density at radius 1 is 0.577 bits per heavy atom. The van der Waals surface area contributed by atoms with E-state index in [1.165, 1.54) is 0 Å². The van der Waals surface area contributed by atoms with Crippen molar-refractivity contribution in [2.75, 3.05) is 38.1 Å². The zero-order valence-electron chi connectivity index (χ0n) is 15.6. The normalized spacial score (nSPS) is 10.3. The largest absolute Gasteiger partial charge is 0.497 e. The molecule has 0 aromatic heterocycles. The van der Waals surface area contributed by atoms with Crippen LogP contribution in [0.1, 0.15) is 0 Å². The second kappa shape index (κ2) is 7.83. The molecule has 3 aromatic carbocycles. The minimum atomic E-state index is 0.815. The second-order valence-corrected chi connectivity index (χ2v) is 6.16. The summed E-state index contributed by atoms with van der Waals surface area (Å²) in [5.74, 6) is 1.63. The topological polar surface area (TPSA) is 24.9 Å². The molecule has 0 spiro atoms. The highest BCUT2D eigenvalue weighted by Crippen LogP contribution is 2.39. The van der Waals surface area contributed by atoms with E-state index in [1.807, 2.05) is 62.6 Å². The Morgan fingerprint density at radius 3 is 1.85 bits per heavy atom. The van der Waals surface area contributed by atoms with Crippen LogP contribution in [0.5, 0.6) is 11.5 Å². The summed E-state index contributed by atoms with van der Waals surface area (Å²) in [6, 6.07) is 24.5. The number of anilines is 4. The van der Waals surface area contributed by atoms with Gasteiger partial charge in [0.1, 0.15) is 11.5 Å². The van der Waals surface area contributed by atoms with Crippen molar-refractivity contribution in [2.24, 2.45) is 0 Å². The average molecular weight is 348 g/mol. The van der Waals surface area contributed by atoms with Crippen molar-refractivity contribution >= 4 is 22.7 Å². The van der Waals surface area contributed by atoms with Crippen LogP contribution in [0.2, 0.25) is 0 Å². The number of para-hydroxylation sites is 1. The standard InChI is InChI=1S/C22H24N2O2/c1-23(2)19-13-20(16-22(15-19)26-4)24(17-9-6-5-7-10-17)18-11-8-12-21(14-18)25-3/h5-16H,1-4H3. The molecule has 0 aliphatic rings. The smallest absolute Gasteiger partial charge is 0.123 e. The van der Waals surface area contributed by atoms with Crippen molar-refractivity contribution < 1.29 is 9.47 Å². The molecule has 0 saturated heterocycles. The maximum Gasteiger partial charge on any atom is 0.123 e. The van der Waals surface area contributed by atoms with E-state index in [0.29, 0.717) is 0 Å². The molecular weight excluding hydrogens is 324 g/mol. The van der Waals surface area contributed by atoms with Gasteiger partial charge in [0.05, 0.1) is 19.9 Å². The lowest BCUT2D eigenvalue weighted by Crippen LogP contribution is -2.13. The molecule has 26 heavy (non-hydrogen) atoms. The quantitative estimate of drug-likeness (QED) is 0.608. The third-order valence-electron chi connectivity index (χ3n) is 4.21. The maximum atomic E-state index is 5.53. The summed E-state index contributed by atoms with van der Waals surface area (Å²) >= 11 is 0.